The number of nitrogens with zero attached hydrogens (tertiary/aromatic N) is 1. The number of benzene rings is 1. The van der Waals surface area contributed by atoms with Crippen LogP contribution in [-0.2, 0) is 11.2 Å². The molecule has 1 fully saturated rings. The van der Waals surface area contributed by atoms with E-state index in [2.05, 4.69) is 41.4 Å². The average Bonchev–Trinajstić information content (AvgIpc) is 2.94. The fourth-order valence-corrected chi connectivity index (χ4v) is 2.45. The summed E-state index contributed by atoms with van der Waals surface area (Å²) >= 11 is 0. The summed E-state index contributed by atoms with van der Waals surface area (Å²) in [4.78, 5) is 14.1. The summed E-state index contributed by atoms with van der Waals surface area (Å²) < 4.78 is 0. The van der Waals surface area contributed by atoms with Gasteiger partial charge in [0, 0.05) is 25.3 Å². The van der Waals surface area contributed by atoms with Crippen LogP contribution in [0.5, 0.6) is 0 Å². The summed E-state index contributed by atoms with van der Waals surface area (Å²) in [5.74, 6) is 0.127. The van der Waals surface area contributed by atoms with Crippen LogP contribution in [0.2, 0.25) is 0 Å². The van der Waals surface area contributed by atoms with E-state index < -0.39 is 0 Å². The van der Waals surface area contributed by atoms with Crippen molar-refractivity contribution in [2.75, 3.05) is 24.5 Å². The molecule has 0 bridgehead atoms. The molecule has 1 aliphatic rings. The lowest BCUT2D eigenvalue weighted by atomic mass is 10.1. The van der Waals surface area contributed by atoms with Crippen molar-refractivity contribution in [3.8, 4) is 0 Å². The molecule has 19 heavy (non-hydrogen) atoms. The summed E-state index contributed by atoms with van der Waals surface area (Å²) in [5.41, 5.74) is 2.38. The predicted octanol–water partition coefficient (Wildman–Crippen LogP) is 2.75. The average molecular weight is 260 g/mol. The lowest BCUT2D eigenvalue weighted by molar-refractivity contribution is -0.120. The minimum atomic E-state index is 0.127. The fourth-order valence-electron chi connectivity index (χ4n) is 2.45. The maximum absolute atomic E-state index is 11.7. The number of carbonyl (C=O) groups is 1. The smallest absolute Gasteiger partial charge is 0.224 e. The minimum absolute atomic E-state index is 0.127. The van der Waals surface area contributed by atoms with E-state index in [-0.39, 0.29) is 5.91 Å². The second-order valence-electron chi connectivity index (χ2n) is 5.24. The van der Waals surface area contributed by atoms with Crippen LogP contribution >= 0.6 is 0 Å². The van der Waals surface area contributed by atoms with Crippen LogP contribution in [0.15, 0.2) is 24.3 Å². The molecule has 1 aromatic rings. The van der Waals surface area contributed by atoms with Crippen LogP contribution in [0.25, 0.3) is 0 Å². The maximum Gasteiger partial charge on any atom is 0.224 e. The van der Waals surface area contributed by atoms with Crippen molar-refractivity contribution >= 4 is 11.6 Å². The molecule has 3 heteroatoms. The molecule has 1 aliphatic heterocycles. The highest BCUT2D eigenvalue weighted by molar-refractivity contribution is 5.78. The predicted molar refractivity (Wildman–Crippen MR) is 79.5 cm³/mol. The van der Waals surface area contributed by atoms with Gasteiger partial charge in [0.1, 0.15) is 0 Å². The van der Waals surface area contributed by atoms with Gasteiger partial charge in [-0.25, -0.2) is 0 Å². The number of rotatable bonds is 6. The van der Waals surface area contributed by atoms with Gasteiger partial charge in [-0.1, -0.05) is 25.5 Å². The Hall–Kier alpha value is -1.51. The highest BCUT2D eigenvalue weighted by Gasteiger charge is 2.12. The van der Waals surface area contributed by atoms with E-state index in [1.54, 1.807) is 0 Å². The lowest BCUT2D eigenvalue weighted by Gasteiger charge is -2.17. The molecule has 0 unspecified atom stereocenters. The third-order valence-corrected chi connectivity index (χ3v) is 3.62. The van der Waals surface area contributed by atoms with Crippen molar-refractivity contribution in [2.45, 2.75) is 39.0 Å². The van der Waals surface area contributed by atoms with Gasteiger partial charge >= 0.3 is 0 Å². The van der Waals surface area contributed by atoms with Crippen LogP contribution in [-0.4, -0.2) is 25.5 Å². The first kappa shape index (κ1) is 13.9. The molecule has 0 aliphatic carbocycles. The van der Waals surface area contributed by atoms with Crippen LogP contribution in [0.4, 0.5) is 5.69 Å². The van der Waals surface area contributed by atoms with Gasteiger partial charge in [-0.15, -0.1) is 0 Å². The Morgan fingerprint density at radius 1 is 1.21 bits per heavy atom. The standard InChI is InChI=1S/C16H24N2O/c1-2-3-10-17-16(19)13-14-6-8-15(9-7-14)18-11-4-5-12-18/h6-9H,2-5,10-13H2,1H3,(H,17,19). The normalized spacial score (nSPS) is 14.7. The van der Waals surface area contributed by atoms with Gasteiger partial charge < -0.3 is 10.2 Å². The first-order valence-electron chi connectivity index (χ1n) is 7.40. The first-order chi connectivity index (χ1) is 9.29. The van der Waals surface area contributed by atoms with Gasteiger partial charge in [0.2, 0.25) is 5.91 Å². The SMILES string of the molecule is CCCCNC(=O)Cc1ccc(N2CCCC2)cc1. The zero-order chi connectivity index (χ0) is 13.5. The van der Waals surface area contributed by atoms with E-state index >= 15 is 0 Å². The molecular formula is C16H24N2O. The Balaban J connectivity index is 1.82. The van der Waals surface area contributed by atoms with E-state index in [0.717, 1.165) is 38.0 Å². The molecule has 1 N–H and O–H groups in total. The Bertz CT molecular complexity index is 394. The highest BCUT2D eigenvalue weighted by atomic mass is 16.1. The number of unbranched alkanes of at least 4 members (excludes halogenated alkanes) is 1. The number of amides is 1. The van der Waals surface area contributed by atoms with Gasteiger partial charge in [-0.05, 0) is 37.0 Å². The van der Waals surface area contributed by atoms with Gasteiger partial charge in [-0.2, -0.15) is 0 Å². The number of nitrogens with one attached hydrogen (secondary N) is 1. The largest absolute Gasteiger partial charge is 0.372 e. The molecule has 3 nitrogen and oxygen atoms in total. The fraction of sp³-hybridized carbons (Fsp3) is 0.562. The van der Waals surface area contributed by atoms with Crippen molar-refractivity contribution in [2.24, 2.45) is 0 Å². The number of hydrogen-bond donors (Lipinski definition) is 1. The van der Waals surface area contributed by atoms with Crippen LogP contribution in [0.1, 0.15) is 38.2 Å². The Morgan fingerprint density at radius 3 is 2.53 bits per heavy atom. The molecule has 1 heterocycles. The zero-order valence-corrected chi connectivity index (χ0v) is 11.8. The van der Waals surface area contributed by atoms with E-state index in [4.69, 9.17) is 0 Å². The second-order valence-corrected chi connectivity index (χ2v) is 5.24. The molecule has 1 saturated heterocycles. The number of hydrogen-bond acceptors (Lipinski definition) is 2. The Kier molecular flexibility index (Phi) is 5.25. The number of anilines is 1. The van der Waals surface area contributed by atoms with Gasteiger partial charge in [0.15, 0.2) is 0 Å². The zero-order valence-electron chi connectivity index (χ0n) is 11.8. The topological polar surface area (TPSA) is 32.3 Å². The maximum atomic E-state index is 11.7. The monoisotopic (exact) mass is 260 g/mol. The van der Waals surface area contributed by atoms with Crippen molar-refractivity contribution < 1.29 is 4.79 Å². The molecule has 1 aromatic carbocycles. The first-order valence-corrected chi connectivity index (χ1v) is 7.40. The molecule has 104 valence electrons. The summed E-state index contributed by atoms with van der Waals surface area (Å²) in [6.07, 6.45) is 5.25. The lowest BCUT2D eigenvalue weighted by Crippen LogP contribution is -2.26. The van der Waals surface area contributed by atoms with Crippen LogP contribution in [0.3, 0.4) is 0 Å². The summed E-state index contributed by atoms with van der Waals surface area (Å²) in [5, 5.41) is 2.95. The van der Waals surface area contributed by atoms with Crippen molar-refractivity contribution in [1.29, 1.82) is 0 Å². The van der Waals surface area contributed by atoms with Crippen molar-refractivity contribution in [3.05, 3.63) is 29.8 Å². The van der Waals surface area contributed by atoms with Gasteiger partial charge in [0.05, 0.1) is 6.42 Å². The van der Waals surface area contributed by atoms with Crippen molar-refractivity contribution in [3.63, 3.8) is 0 Å². The minimum Gasteiger partial charge on any atom is -0.372 e. The van der Waals surface area contributed by atoms with E-state index in [1.165, 1.54) is 18.5 Å². The summed E-state index contributed by atoms with van der Waals surface area (Å²) in [6.45, 7) is 5.25. The summed E-state index contributed by atoms with van der Waals surface area (Å²) in [6, 6.07) is 8.43. The Labute approximate surface area is 116 Å². The molecule has 1 amide bonds. The molecule has 0 radical (unpaired) electrons. The number of carbonyl (C=O) groups excluding carboxylic acids is 1. The highest BCUT2D eigenvalue weighted by Crippen LogP contribution is 2.20. The van der Waals surface area contributed by atoms with Crippen LogP contribution < -0.4 is 10.2 Å². The third kappa shape index (κ3) is 4.27. The molecule has 0 atom stereocenters. The molecule has 0 saturated carbocycles. The van der Waals surface area contributed by atoms with Gasteiger partial charge in [-0.3, -0.25) is 4.79 Å². The van der Waals surface area contributed by atoms with Crippen LogP contribution in [0, 0.1) is 0 Å². The van der Waals surface area contributed by atoms with Gasteiger partial charge in [0.25, 0.3) is 0 Å². The Morgan fingerprint density at radius 2 is 1.89 bits per heavy atom. The quantitative estimate of drug-likeness (QED) is 0.798. The van der Waals surface area contributed by atoms with E-state index in [0.29, 0.717) is 6.42 Å². The third-order valence-electron chi connectivity index (χ3n) is 3.62. The molecule has 0 aromatic heterocycles. The summed E-state index contributed by atoms with van der Waals surface area (Å²) in [7, 11) is 0. The van der Waals surface area contributed by atoms with Crippen molar-refractivity contribution in [1.82, 2.24) is 5.32 Å². The van der Waals surface area contributed by atoms with E-state index in [1.807, 2.05) is 0 Å². The van der Waals surface area contributed by atoms with E-state index in [9.17, 15) is 4.79 Å². The second kappa shape index (κ2) is 7.17. The molecular weight excluding hydrogens is 236 g/mol. The molecule has 0 spiro atoms. The molecule has 2 rings (SSSR count).